The number of carbonyl (C=O) groups is 3. The van der Waals surface area contributed by atoms with E-state index in [1.54, 1.807) is 0 Å². The number of nitrogens with one attached hydrogen (secondary N) is 1. The Morgan fingerprint density at radius 3 is 2.44 bits per heavy atom. The van der Waals surface area contributed by atoms with Gasteiger partial charge in [-0.25, -0.2) is 4.79 Å². The number of Topliss-reactive ketones (excluding diaryl/α,β-unsaturated/α-hetero) is 1. The van der Waals surface area contributed by atoms with Crippen LogP contribution in [0.15, 0.2) is 0 Å². The fourth-order valence-electron chi connectivity index (χ4n) is 2.16. The first-order valence-corrected chi connectivity index (χ1v) is 7.50. The van der Waals surface area contributed by atoms with E-state index in [2.05, 4.69) is 0 Å². The molecule has 7 N–H and O–H groups in total. The van der Waals surface area contributed by atoms with Crippen molar-refractivity contribution in [2.75, 3.05) is 6.61 Å². The molecule has 0 saturated carbocycles. The average molecular weight is 365 g/mol. The van der Waals surface area contributed by atoms with Crippen molar-refractivity contribution >= 4 is 17.7 Å². The van der Waals surface area contributed by atoms with Crippen LogP contribution in [0.1, 0.15) is 20.8 Å². The Hall–Kier alpha value is -1.63. The Morgan fingerprint density at radius 2 is 2.00 bits per heavy atom. The molecule has 144 valence electrons. The number of hydrogen-bond acceptors (Lipinski definition) is 9. The Labute approximate surface area is 145 Å². The van der Waals surface area contributed by atoms with Crippen LogP contribution in [-0.4, -0.2) is 87.0 Å². The molecule has 1 rings (SSSR count). The minimum absolute atomic E-state index is 0.0144. The molecule has 11 nitrogen and oxygen atoms in total. The minimum atomic E-state index is -2.43. The SMILES string of the molecule is [2H]N(C(=O)C(C)O[C@@H]1[C@@H](N)[C@@H](O)O[C@H](CO)[C@H]1O)[C@](C)(C(C)=O)C(=O)O. The molecule has 1 saturated heterocycles. The van der Waals surface area contributed by atoms with E-state index in [-0.39, 0.29) is 5.31 Å². The highest BCUT2D eigenvalue weighted by atomic mass is 16.6. The van der Waals surface area contributed by atoms with Gasteiger partial charge in [0, 0.05) is 0 Å². The molecule has 11 heteroatoms. The third-order valence-corrected chi connectivity index (χ3v) is 4.07. The van der Waals surface area contributed by atoms with Crippen LogP contribution in [0.25, 0.3) is 0 Å². The van der Waals surface area contributed by atoms with Crippen LogP contribution in [-0.2, 0) is 23.9 Å². The summed E-state index contributed by atoms with van der Waals surface area (Å²) in [6.45, 7) is 2.34. The van der Waals surface area contributed by atoms with Gasteiger partial charge in [0.05, 0.1) is 12.6 Å². The standard InChI is InChI=1S/C14H24N2O9/c1-5(11(20)16-14(3,6(2)18)13(22)23)24-10-8(15)12(21)25-7(4-17)9(10)19/h5,7-10,12,17,19,21H,4,15H2,1-3H3,(H,16,20)(H,22,23)/t5?,7-,8-,9-,10-,12+,14-/m1/s1/i/hD. The van der Waals surface area contributed by atoms with Crippen LogP contribution in [0.3, 0.4) is 0 Å². The molecule has 0 radical (unpaired) electrons. The zero-order valence-corrected chi connectivity index (χ0v) is 14.0. The van der Waals surface area contributed by atoms with E-state index in [0.717, 1.165) is 13.8 Å². The number of carboxylic acid groups (broad SMARTS) is 1. The second-order valence-corrected chi connectivity index (χ2v) is 5.94. The Morgan fingerprint density at radius 1 is 1.44 bits per heavy atom. The van der Waals surface area contributed by atoms with Crippen molar-refractivity contribution < 1.29 is 45.7 Å². The molecule has 0 aromatic carbocycles. The Bertz CT molecular complexity index is 547. The molecule has 1 aliphatic heterocycles. The van der Waals surface area contributed by atoms with E-state index >= 15 is 0 Å². The Kier molecular flexibility index (Phi) is 6.43. The lowest BCUT2D eigenvalue weighted by molar-refractivity contribution is -0.261. The molecule has 0 aliphatic carbocycles. The Balaban J connectivity index is 2.97. The van der Waals surface area contributed by atoms with Gasteiger partial charge >= 0.3 is 5.97 Å². The van der Waals surface area contributed by atoms with Crippen LogP contribution in [0.4, 0.5) is 0 Å². The molecule has 0 aromatic heterocycles. The summed E-state index contributed by atoms with van der Waals surface area (Å²) >= 11 is 0. The largest absolute Gasteiger partial charge is 0.479 e. The van der Waals surface area contributed by atoms with Gasteiger partial charge < -0.3 is 40.9 Å². The third kappa shape index (κ3) is 4.51. The van der Waals surface area contributed by atoms with E-state index in [1.165, 1.54) is 6.92 Å². The highest BCUT2D eigenvalue weighted by molar-refractivity contribution is 6.09. The van der Waals surface area contributed by atoms with Crippen LogP contribution < -0.4 is 11.0 Å². The summed E-state index contributed by atoms with van der Waals surface area (Å²) in [5.74, 6) is -3.82. The van der Waals surface area contributed by atoms with Crippen molar-refractivity contribution in [1.29, 1.82) is 0 Å². The van der Waals surface area contributed by atoms with Gasteiger partial charge in [-0.3, -0.25) is 9.59 Å². The summed E-state index contributed by atoms with van der Waals surface area (Å²) < 4.78 is 18.0. The lowest BCUT2D eigenvalue weighted by Gasteiger charge is -2.41. The van der Waals surface area contributed by atoms with Gasteiger partial charge in [0.25, 0.3) is 0 Å². The van der Waals surface area contributed by atoms with E-state index in [1.807, 2.05) is 0 Å². The molecule has 1 fully saturated rings. The number of ether oxygens (including phenoxy) is 2. The zero-order chi connectivity index (χ0) is 20.4. The summed E-state index contributed by atoms with van der Waals surface area (Å²) in [4.78, 5) is 35.3. The molecule has 1 unspecified atom stereocenters. The number of aliphatic hydroxyl groups excluding tert-OH is 3. The van der Waals surface area contributed by atoms with Gasteiger partial charge in [0.15, 0.2) is 19.0 Å². The zero-order valence-electron chi connectivity index (χ0n) is 15.0. The van der Waals surface area contributed by atoms with Crippen LogP contribution in [0.5, 0.6) is 0 Å². The number of amides is 1. The van der Waals surface area contributed by atoms with Crippen molar-refractivity contribution in [2.24, 2.45) is 5.73 Å². The van der Waals surface area contributed by atoms with Gasteiger partial charge in [-0.2, -0.15) is 0 Å². The summed E-state index contributed by atoms with van der Waals surface area (Å²) in [5.41, 5.74) is 3.24. The van der Waals surface area contributed by atoms with E-state index in [9.17, 15) is 29.7 Å². The quantitative estimate of drug-likeness (QED) is 0.249. The fourth-order valence-corrected chi connectivity index (χ4v) is 2.16. The van der Waals surface area contributed by atoms with Gasteiger partial charge in [-0.05, 0) is 20.8 Å². The second-order valence-electron chi connectivity index (χ2n) is 5.94. The summed E-state index contributed by atoms with van der Waals surface area (Å²) in [5, 5.41) is 38.1. The first-order valence-electron chi connectivity index (χ1n) is 7.95. The predicted molar refractivity (Wildman–Crippen MR) is 81.1 cm³/mol. The maximum Gasteiger partial charge on any atom is 0.336 e. The average Bonchev–Trinajstić information content (AvgIpc) is 2.58. The number of aliphatic hydroxyl groups is 3. The number of aliphatic carboxylic acids is 1. The molecule has 0 aromatic rings. The molecule has 25 heavy (non-hydrogen) atoms. The van der Waals surface area contributed by atoms with E-state index < -0.39 is 66.6 Å². The lowest BCUT2D eigenvalue weighted by atomic mass is 9.96. The highest BCUT2D eigenvalue weighted by Crippen LogP contribution is 2.22. The predicted octanol–water partition coefficient (Wildman–Crippen LogP) is -3.29. The van der Waals surface area contributed by atoms with Crippen LogP contribution >= 0.6 is 0 Å². The molecule has 0 bridgehead atoms. The molecule has 1 heterocycles. The van der Waals surface area contributed by atoms with Crippen molar-refractivity contribution in [3.05, 3.63) is 0 Å². The van der Waals surface area contributed by atoms with E-state index in [4.69, 9.17) is 21.7 Å². The third-order valence-electron chi connectivity index (χ3n) is 4.07. The number of rotatable bonds is 7. The maximum atomic E-state index is 12.4. The lowest BCUT2D eigenvalue weighted by Crippen LogP contribution is -2.64. The molecular weight excluding hydrogens is 340 g/mol. The normalized spacial score (nSPS) is 33.7. The first kappa shape index (κ1) is 19.7. The summed E-state index contributed by atoms with van der Waals surface area (Å²) in [6, 6.07) is -1.28. The second kappa shape index (κ2) is 8.17. The van der Waals surface area contributed by atoms with Crippen LogP contribution in [0.2, 0.25) is 1.41 Å². The smallest absolute Gasteiger partial charge is 0.336 e. The minimum Gasteiger partial charge on any atom is -0.479 e. The molecule has 0 spiro atoms. The van der Waals surface area contributed by atoms with E-state index in [0.29, 0.717) is 0 Å². The fraction of sp³-hybridized carbons (Fsp3) is 0.786. The molecule has 1 amide bonds. The summed E-state index contributed by atoms with van der Waals surface area (Å²) in [7, 11) is 0. The highest BCUT2D eigenvalue weighted by Gasteiger charge is 2.46. The van der Waals surface area contributed by atoms with Crippen molar-refractivity contribution in [2.45, 2.75) is 63.1 Å². The van der Waals surface area contributed by atoms with Crippen LogP contribution in [0, 0.1) is 0 Å². The summed E-state index contributed by atoms with van der Waals surface area (Å²) in [6.07, 6.45) is -7.13. The number of carbonyl (C=O) groups excluding carboxylic acids is 2. The molecule has 7 atom stereocenters. The van der Waals surface area contributed by atoms with Gasteiger partial charge in [-0.1, -0.05) is 0 Å². The van der Waals surface area contributed by atoms with Crippen molar-refractivity contribution in [3.63, 3.8) is 0 Å². The first-order chi connectivity index (χ1) is 11.9. The number of nitrogens with two attached hydrogens (primary N) is 1. The van der Waals surface area contributed by atoms with Gasteiger partial charge in [0.2, 0.25) is 5.91 Å². The van der Waals surface area contributed by atoms with Crippen molar-refractivity contribution in [1.82, 2.24) is 5.31 Å². The maximum absolute atomic E-state index is 12.4. The monoisotopic (exact) mass is 365 g/mol. The topological polar surface area (TPSA) is 189 Å². The number of ketones is 1. The number of carboxylic acids is 1. The van der Waals surface area contributed by atoms with Crippen molar-refractivity contribution in [3.8, 4) is 0 Å². The number of hydrogen-bond donors (Lipinski definition) is 6. The van der Waals surface area contributed by atoms with Gasteiger partial charge in [-0.15, -0.1) is 0 Å². The molecular formula is C14H24N2O9. The van der Waals surface area contributed by atoms with Gasteiger partial charge in [0.1, 0.15) is 24.4 Å². The molecule has 1 aliphatic rings.